The van der Waals surface area contributed by atoms with E-state index in [2.05, 4.69) is 5.32 Å². The number of esters is 1. The zero-order valence-corrected chi connectivity index (χ0v) is 17.6. The van der Waals surface area contributed by atoms with Gasteiger partial charge in [-0.05, 0) is 43.9 Å². The number of Topliss-reactive ketones (excluding diaryl/α,β-unsaturated/α-hetero) is 1. The van der Waals surface area contributed by atoms with E-state index in [-0.39, 0.29) is 24.7 Å². The molecule has 0 atom stereocenters. The number of nitrogens with one attached hydrogen (secondary N) is 1. The molecule has 0 saturated heterocycles. The Morgan fingerprint density at radius 3 is 2.30 bits per heavy atom. The van der Waals surface area contributed by atoms with Crippen LogP contribution in [0, 0.1) is 6.92 Å². The van der Waals surface area contributed by atoms with Crippen LogP contribution in [-0.2, 0) is 20.7 Å². The van der Waals surface area contributed by atoms with Crippen molar-refractivity contribution in [2.75, 3.05) is 19.8 Å². The van der Waals surface area contributed by atoms with E-state index < -0.39 is 5.97 Å². The highest BCUT2D eigenvalue weighted by atomic mass is 16.5. The molecule has 0 saturated carbocycles. The van der Waals surface area contributed by atoms with Crippen LogP contribution >= 0.6 is 0 Å². The topological polar surface area (TPSA) is 81.7 Å². The first kappa shape index (κ1) is 23.1. The van der Waals surface area contributed by atoms with Gasteiger partial charge >= 0.3 is 5.97 Å². The second-order valence-corrected chi connectivity index (χ2v) is 7.13. The van der Waals surface area contributed by atoms with Crippen LogP contribution in [0.4, 0.5) is 0 Å². The normalized spacial score (nSPS) is 10.3. The molecule has 30 heavy (non-hydrogen) atoms. The first-order valence-corrected chi connectivity index (χ1v) is 10.2. The van der Waals surface area contributed by atoms with Crippen molar-refractivity contribution in [3.05, 3.63) is 65.2 Å². The van der Waals surface area contributed by atoms with Gasteiger partial charge in [-0.25, -0.2) is 0 Å². The molecular formula is C24H29NO5. The Morgan fingerprint density at radius 1 is 0.933 bits per heavy atom. The minimum Gasteiger partial charge on any atom is -0.494 e. The maximum absolute atomic E-state index is 12.2. The van der Waals surface area contributed by atoms with Crippen molar-refractivity contribution in [3.8, 4) is 5.75 Å². The lowest BCUT2D eigenvalue weighted by molar-refractivity contribution is -0.142. The molecule has 0 spiro atoms. The summed E-state index contributed by atoms with van der Waals surface area (Å²) in [5.74, 6) is 0.0847. The summed E-state index contributed by atoms with van der Waals surface area (Å²) >= 11 is 0. The van der Waals surface area contributed by atoms with E-state index in [0.29, 0.717) is 25.1 Å². The maximum Gasteiger partial charge on any atom is 0.306 e. The van der Waals surface area contributed by atoms with Crippen LogP contribution in [0.3, 0.4) is 0 Å². The number of amides is 1. The van der Waals surface area contributed by atoms with Gasteiger partial charge in [0.1, 0.15) is 5.75 Å². The van der Waals surface area contributed by atoms with Crippen molar-refractivity contribution in [1.29, 1.82) is 0 Å². The summed E-state index contributed by atoms with van der Waals surface area (Å²) in [5, 5.41) is 2.75. The summed E-state index contributed by atoms with van der Waals surface area (Å²) in [6, 6.07) is 14.9. The molecule has 0 unspecified atom stereocenters. The third-order valence-electron chi connectivity index (χ3n) is 4.47. The molecule has 0 aliphatic carbocycles. The minimum atomic E-state index is -0.412. The van der Waals surface area contributed by atoms with Crippen LogP contribution in [-0.4, -0.2) is 37.4 Å². The van der Waals surface area contributed by atoms with Crippen LogP contribution in [0.25, 0.3) is 0 Å². The summed E-state index contributed by atoms with van der Waals surface area (Å²) in [7, 11) is 0. The van der Waals surface area contributed by atoms with Crippen molar-refractivity contribution in [3.63, 3.8) is 0 Å². The molecule has 0 fully saturated rings. The summed E-state index contributed by atoms with van der Waals surface area (Å²) < 4.78 is 10.6. The number of hydrogen-bond acceptors (Lipinski definition) is 5. The number of carbonyl (C=O) groups excluding carboxylic acids is 3. The van der Waals surface area contributed by atoms with E-state index in [1.807, 2.05) is 43.3 Å². The maximum atomic E-state index is 12.2. The Balaban J connectivity index is 1.62. The van der Waals surface area contributed by atoms with Crippen molar-refractivity contribution in [1.82, 2.24) is 5.32 Å². The zero-order valence-electron chi connectivity index (χ0n) is 17.6. The molecule has 0 heterocycles. The highest BCUT2D eigenvalue weighted by molar-refractivity contribution is 5.97. The lowest BCUT2D eigenvalue weighted by atomic mass is 10.1. The third kappa shape index (κ3) is 8.90. The lowest BCUT2D eigenvalue weighted by Gasteiger charge is -2.07. The van der Waals surface area contributed by atoms with Crippen LogP contribution in [0.1, 0.15) is 47.7 Å². The quantitative estimate of drug-likeness (QED) is 0.328. The van der Waals surface area contributed by atoms with Gasteiger partial charge < -0.3 is 14.8 Å². The van der Waals surface area contributed by atoms with Crippen LogP contribution in [0.5, 0.6) is 5.75 Å². The molecule has 0 aromatic heterocycles. The van der Waals surface area contributed by atoms with Gasteiger partial charge in [-0.2, -0.15) is 0 Å². The van der Waals surface area contributed by atoms with Crippen LogP contribution in [0.2, 0.25) is 0 Å². The fourth-order valence-electron chi connectivity index (χ4n) is 2.76. The monoisotopic (exact) mass is 411 g/mol. The molecule has 0 aliphatic rings. The van der Waals surface area contributed by atoms with E-state index >= 15 is 0 Å². The zero-order chi connectivity index (χ0) is 21.8. The number of hydrogen-bond donors (Lipinski definition) is 1. The van der Waals surface area contributed by atoms with E-state index in [4.69, 9.17) is 9.47 Å². The average Bonchev–Trinajstić information content (AvgIpc) is 2.74. The second kappa shape index (κ2) is 12.4. The number of benzene rings is 2. The molecule has 160 valence electrons. The number of carbonyl (C=O) groups is 3. The summed E-state index contributed by atoms with van der Waals surface area (Å²) in [6.07, 6.45) is 2.37. The smallest absolute Gasteiger partial charge is 0.306 e. The Hall–Kier alpha value is -3.15. The third-order valence-corrected chi connectivity index (χ3v) is 4.47. The molecule has 1 N–H and O–H groups in total. The fourth-order valence-corrected chi connectivity index (χ4v) is 2.76. The Morgan fingerprint density at radius 2 is 1.63 bits per heavy atom. The first-order chi connectivity index (χ1) is 14.4. The molecule has 0 radical (unpaired) electrons. The van der Waals surface area contributed by atoms with Gasteiger partial charge in [0.25, 0.3) is 0 Å². The average molecular weight is 411 g/mol. The minimum absolute atomic E-state index is 0.0377. The van der Waals surface area contributed by atoms with Crippen LogP contribution in [0.15, 0.2) is 48.5 Å². The van der Waals surface area contributed by atoms with Gasteiger partial charge in [0, 0.05) is 25.5 Å². The van der Waals surface area contributed by atoms with Gasteiger partial charge in [-0.15, -0.1) is 0 Å². The molecule has 1 amide bonds. The molecule has 6 heteroatoms. The number of ether oxygens (including phenoxy) is 2. The predicted octanol–water partition coefficient (Wildman–Crippen LogP) is 3.65. The number of ketones is 1. The Labute approximate surface area is 177 Å². The Kier molecular flexibility index (Phi) is 9.58. The highest BCUT2D eigenvalue weighted by Crippen LogP contribution is 2.12. The number of aryl methyl sites for hydroxylation is 2. The standard InChI is InChI=1S/C24H29NO5/c1-18-7-13-22(14-8-18)29-16-4-6-24(28)30-17-23(27)21-11-9-20(10-12-21)5-3-15-25-19(2)26/h7-14H,3-6,15-17H2,1-2H3,(H,25,26). The molecule has 2 rings (SSSR count). The highest BCUT2D eigenvalue weighted by Gasteiger charge is 2.10. The predicted molar refractivity (Wildman–Crippen MR) is 115 cm³/mol. The number of rotatable bonds is 12. The van der Waals surface area contributed by atoms with Gasteiger partial charge in [0.05, 0.1) is 6.61 Å². The SMILES string of the molecule is CC(=O)NCCCc1ccc(C(=O)COC(=O)CCCOc2ccc(C)cc2)cc1. The second-order valence-electron chi connectivity index (χ2n) is 7.13. The Bertz CT molecular complexity index is 828. The van der Waals surface area contributed by atoms with Crippen LogP contribution < -0.4 is 10.1 Å². The van der Waals surface area contributed by atoms with E-state index in [1.54, 1.807) is 12.1 Å². The lowest BCUT2D eigenvalue weighted by Crippen LogP contribution is -2.21. The molecule has 0 aliphatic heterocycles. The van der Waals surface area contributed by atoms with Gasteiger partial charge in [-0.1, -0.05) is 42.0 Å². The van der Waals surface area contributed by atoms with E-state index in [9.17, 15) is 14.4 Å². The van der Waals surface area contributed by atoms with E-state index in [0.717, 1.165) is 29.7 Å². The first-order valence-electron chi connectivity index (χ1n) is 10.2. The van der Waals surface area contributed by atoms with E-state index in [1.165, 1.54) is 6.92 Å². The molecule has 0 bridgehead atoms. The van der Waals surface area contributed by atoms with Gasteiger partial charge in [-0.3, -0.25) is 14.4 Å². The fraction of sp³-hybridized carbons (Fsp3) is 0.375. The van der Waals surface area contributed by atoms with Crippen molar-refractivity contribution in [2.45, 2.75) is 39.5 Å². The van der Waals surface area contributed by atoms with Crippen molar-refractivity contribution in [2.24, 2.45) is 0 Å². The van der Waals surface area contributed by atoms with Gasteiger partial charge in [0.15, 0.2) is 12.4 Å². The summed E-state index contributed by atoms with van der Waals surface area (Å²) in [6.45, 7) is 4.27. The van der Waals surface area contributed by atoms with Crippen molar-refractivity contribution >= 4 is 17.7 Å². The van der Waals surface area contributed by atoms with Gasteiger partial charge in [0.2, 0.25) is 5.91 Å². The van der Waals surface area contributed by atoms with Crippen molar-refractivity contribution < 1.29 is 23.9 Å². The molecular weight excluding hydrogens is 382 g/mol. The molecule has 2 aromatic carbocycles. The molecule has 2 aromatic rings. The largest absolute Gasteiger partial charge is 0.494 e. The summed E-state index contributed by atoms with van der Waals surface area (Å²) in [5.41, 5.74) is 2.76. The molecule has 6 nitrogen and oxygen atoms in total. The summed E-state index contributed by atoms with van der Waals surface area (Å²) in [4.78, 5) is 34.8.